The van der Waals surface area contributed by atoms with Crippen LogP contribution in [0.5, 0.6) is 0 Å². The summed E-state index contributed by atoms with van der Waals surface area (Å²) in [6.07, 6.45) is 1.48. The minimum atomic E-state index is -0.324. The number of anilines is 1. The molecule has 3 aromatic rings. The number of nitrogens with one attached hydrogen (secondary N) is 2. The molecule has 2 heterocycles. The molecule has 10 nitrogen and oxygen atoms in total. The van der Waals surface area contributed by atoms with E-state index in [4.69, 9.17) is 0 Å². The fraction of sp³-hybridized carbons (Fsp3) is 0.375. The van der Waals surface area contributed by atoms with Crippen LogP contribution in [0.15, 0.2) is 24.5 Å². The highest BCUT2D eigenvalue weighted by atomic mass is 16.2. The Morgan fingerprint density at radius 2 is 2.15 bits per heavy atom. The Morgan fingerprint density at radius 1 is 1.35 bits per heavy atom. The third-order valence-electron chi connectivity index (χ3n) is 3.93. The van der Waals surface area contributed by atoms with Crippen LogP contribution in [0.1, 0.15) is 31.3 Å². The zero-order valence-corrected chi connectivity index (χ0v) is 15.1. The molecular formula is C16H21N9O. The first-order chi connectivity index (χ1) is 12.5. The SMILES string of the molecule is CCn1ncnc1C(C)NC(=O)Nc1cc(-c2nnn(C)n2)ccc1C. The standard InChI is InChI=1S/C16H21N9O/c1-5-25-15(17-9-18-25)11(3)19-16(26)20-13-8-12(7-6-10(13)2)14-21-23-24(4)22-14/h6-9,11H,5H2,1-4H3,(H2,19,20,26). The van der Waals surface area contributed by atoms with Gasteiger partial charge < -0.3 is 10.6 Å². The van der Waals surface area contributed by atoms with Crippen LogP contribution >= 0.6 is 0 Å². The van der Waals surface area contributed by atoms with E-state index in [1.807, 2.05) is 39.0 Å². The van der Waals surface area contributed by atoms with Crippen molar-refractivity contribution in [2.75, 3.05) is 5.32 Å². The monoisotopic (exact) mass is 355 g/mol. The highest BCUT2D eigenvalue weighted by Gasteiger charge is 2.16. The Labute approximate surface area is 150 Å². The number of hydrogen-bond acceptors (Lipinski definition) is 6. The minimum absolute atomic E-state index is 0.275. The maximum Gasteiger partial charge on any atom is 0.319 e. The number of carbonyl (C=O) groups is 1. The first-order valence-corrected chi connectivity index (χ1v) is 8.28. The van der Waals surface area contributed by atoms with Crippen LogP contribution in [0.2, 0.25) is 0 Å². The van der Waals surface area contributed by atoms with Crippen LogP contribution in [0.3, 0.4) is 0 Å². The number of benzene rings is 1. The molecule has 0 saturated carbocycles. The van der Waals surface area contributed by atoms with Crippen LogP contribution < -0.4 is 10.6 Å². The summed E-state index contributed by atoms with van der Waals surface area (Å²) in [5, 5.41) is 21.9. The van der Waals surface area contributed by atoms with Gasteiger partial charge in [-0.3, -0.25) is 0 Å². The van der Waals surface area contributed by atoms with Gasteiger partial charge in [-0.15, -0.1) is 10.2 Å². The molecule has 1 aromatic carbocycles. The van der Waals surface area contributed by atoms with Gasteiger partial charge in [-0.25, -0.2) is 14.5 Å². The quantitative estimate of drug-likeness (QED) is 0.719. The van der Waals surface area contributed by atoms with Gasteiger partial charge in [0.05, 0.1) is 13.1 Å². The Hall–Kier alpha value is -3.30. The van der Waals surface area contributed by atoms with Gasteiger partial charge in [0.2, 0.25) is 5.82 Å². The highest BCUT2D eigenvalue weighted by molar-refractivity contribution is 5.91. The molecule has 0 aliphatic carbocycles. The molecule has 0 saturated heterocycles. The van der Waals surface area contributed by atoms with Crippen molar-refractivity contribution < 1.29 is 4.79 Å². The third kappa shape index (κ3) is 3.68. The zero-order valence-electron chi connectivity index (χ0n) is 15.1. The van der Waals surface area contributed by atoms with Crippen molar-refractivity contribution in [1.29, 1.82) is 0 Å². The largest absolute Gasteiger partial charge is 0.328 e. The summed E-state index contributed by atoms with van der Waals surface area (Å²) in [6, 6.07) is 5.02. The second kappa shape index (κ2) is 7.30. The number of carbonyl (C=O) groups excluding carboxylic acids is 1. The molecule has 136 valence electrons. The van der Waals surface area contributed by atoms with Crippen LogP contribution in [0, 0.1) is 6.92 Å². The van der Waals surface area contributed by atoms with Gasteiger partial charge in [-0.05, 0) is 37.6 Å². The predicted molar refractivity (Wildman–Crippen MR) is 95.2 cm³/mol. The average Bonchev–Trinajstić information content (AvgIpc) is 3.25. The van der Waals surface area contributed by atoms with E-state index >= 15 is 0 Å². The maximum absolute atomic E-state index is 12.4. The van der Waals surface area contributed by atoms with E-state index in [0.29, 0.717) is 23.9 Å². The van der Waals surface area contributed by atoms with E-state index in [1.54, 1.807) is 11.7 Å². The number of urea groups is 1. The molecule has 0 spiro atoms. The van der Waals surface area contributed by atoms with Crippen LogP contribution in [0.4, 0.5) is 10.5 Å². The topological polar surface area (TPSA) is 115 Å². The van der Waals surface area contributed by atoms with Gasteiger partial charge in [0.25, 0.3) is 0 Å². The number of nitrogens with zero attached hydrogens (tertiary/aromatic N) is 7. The first kappa shape index (κ1) is 17.5. The predicted octanol–water partition coefficient (Wildman–Crippen LogP) is 1.68. The number of tetrazole rings is 1. The van der Waals surface area contributed by atoms with Crippen molar-refractivity contribution in [1.82, 2.24) is 40.3 Å². The molecule has 3 rings (SSSR count). The summed E-state index contributed by atoms with van der Waals surface area (Å²) in [6.45, 7) is 6.44. The van der Waals surface area contributed by atoms with Gasteiger partial charge in [0.15, 0.2) is 0 Å². The van der Waals surface area contributed by atoms with Gasteiger partial charge in [0, 0.05) is 17.8 Å². The summed E-state index contributed by atoms with van der Waals surface area (Å²) in [5.74, 6) is 1.21. The van der Waals surface area contributed by atoms with Gasteiger partial charge in [-0.2, -0.15) is 9.90 Å². The van der Waals surface area contributed by atoms with Crippen LogP contribution in [0.25, 0.3) is 11.4 Å². The van der Waals surface area contributed by atoms with Crippen molar-refractivity contribution in [2.24, 2.45) is 7.05 Å². The number of hydrogen-bond donors (Lipinski definition) is 2. The number of rotatable bonds is 5. The smallest absolute Gasteiger partial charge is 0.319 e. The molecule has 2 N–H and O–H groups in total. The molecule has 10 heteroatoms. The normalized spacial score (nSPS) is 12.0. The Bertz CT molecular complexity index is 914. The Morgan fingerprint density at radius 3 is 2.85 bits per heavy atom. The summed E-state index contributed by atoms with van der Waals surface area (Å²) in [5.41, 5.74) is 2.38. The van der Waals surface area contributed by atoms with Gasteiger partial charge in [0.1, 0.15) is 12.2 Å². The van der Waals surface area contributed by atoms with Crippen molar-refractivity contribution in [3.8, 4) is 11.4 Å². The molecule has 2 aromatic heterocycles. The summed E-state index contributed by atoms with van der Waals surface area (Å²) >= 11 is 0. The molecule has 1 unspecified atom stereocenters. The van der Waals surface area contributed by atoms with E-state index < -0.39 is 0 Å². The third-order valence-corrected chi connectivity index (χ3v) is 3.93. The minimum Gasteiger partial charge on any atom is -0.328 e. The molecule has 0 fully saturated rings. The van der Waals surface area contributed by atoms with E-state index in [2.05, 4.69) is 36.1 Å². The molecular weight excluding hydrogens is 334 g/mol. The number of aromatic nitrogens is 7. The fourth-order valence-electron chi connectivity index (χ4n) is 2.57. The summed E-state index contributed by atoms with van der Waals surface area (Å²) in [4.78, 5) is 18.0. The fourth-order valence-corrected chi connectivity index (χ4v) is 2.57. The van der Waals surface area contributed by atoms with E-state index in [0.717, 1.165) is 11.1 Å². The van der Waals surface area contributed by atoms with Gasteiger partial charge >= 0.3 is 6.03 Å². The zero-order chi connectivity index (χ0) is 18.7. The lowest BCUT2D eigenvalue weighted by atomic mass is 10.1. The van der Waals surface area contributed by atoms with Gasteiger partial charge in [-0.1, -0.05) is 12.1 Å². The molecule has 2 amide bonds. The number of aryl methyl sites for hydroxylation is 3. The van der Waals surface area contributed by atoms with Crippen LogP contribution in [-0.2, 0) is 13.6 Å². The molecule has 0 radical (unpaired) electrons. The first-order valence-electron chi connectivity index (χ1n) is 8.28. The summed E-state index contributed by atoms with van der Waals surface area (Å²) < 4.78 is 1.75. The lowest BCUT2D eigenvalue weighted by Crippen LogP contribution is -2.32. The highest BCUT2D eigenvalue weighted by Crippen LogP contribution is 2.22. The molecule has 1 atom stereocenters. The second-order valence-corrected chi connectivity index (χ2v) is 5.89. The van der Waals surface area contributed by atoms with E-state index in [1.165, 1.54) is 11.1 Å². The molecule has 0 bridgehead atoms. The van der Waals surface area contributed by atoms with Crippen molar-refractivity contribution in [3.05, 3.63) is 35.9 Å². The second-order valence-electron chi connectivity index (χ2n) is 5.89. The maximum atomic E-state index is 12.4. The molecule has 0 aliphatic heterocycles. The van der Waals surface area contributed by atoms with E-state index in [-0.39, 0.29) is 12.1 Å². The van der Waals surface area contributed by atoms with Crippen molar-refractivity contribution >= 4 is 11.7 Å². The van der Waals surface area contributed by atoms with Crippen LogP contribution in [-0.4, -0.2) is 41.0 Å². The average molecular weight is 355 g/mol. The lowest BCUT2D eigenvalue weighted by molar-refractivity contribution is 0.248. The molecule has 26 heavy (non-hydrogen) atoms. The Balaban J connectivity index is 1.73. The van der Waals surface area contributed by atoms with Crippen molar-refractivity contribution in [2.45, 2.75) is 33.4 Å². The van der Waals surface area contributed by atoms with Crippen molar-refractivity contribution in [3.63, 3.8) is 0 Å². The Kier molecular flexibility index (Phi) is 4.92. The number of amides is 2. The lowest BCUT2D eigenvalue weighted by Gasteiger charge is -2.16. The van der Waals surface area contributed by atoms with E-state index in [9.17, 15) is 4.79 Å². The molecule has 0 aliphatic rings. The summed E-state index contributed by atoms with van der Waals surface area (Å²) in [7, 11) is 1.70.